The highest BCUT2D eigenvalue weighted by Crippen LogP contribution is 2.56. The van der Waals surface area contributed by atoms with Crippen molar-refractivity contribution in [1.29, 1.82) is 0 Å². The fourth-order valence-corrected chi connectivity index (χ4v) is 6.14. The van der Waals surface area contributed by atoms with E-state index in [1.807, 2.05) is 12.3 Å². The molecule has 0 radical (unpaired) electrons. The third-order valence-electron chi connectivity index (χ3n) is 6.98. The van der Waals surface area contributed by atoms with Crippen molar-refractivity contribution >= 4 is 16.7 Å². The number of anilines is 1. The molecule has 3 aromatic heterocycles. The Labute approximate surface area is 161 Å². The van der Waals surface area contributed by atoms with Crippen LogP contribution in [0.1, 0.15) is 37.9 Å². The second kappa shape index (κ2) is 5.78. The Balaban J connectivity index is 1.42. The Morgan fingerprint density at radius 2 is 2.07 bits per heavy atom. The molecule has 0 aliphatic heterocycles. The predicted octanol–water partition coefficient (Wildman–Crippen LogP) is 2.46. The van der Waals surface area contributed by atoms with Gasteiger partial charge < -0.3 is 25.0 Å². The smallest absolute Gasteiger partial charge is 0.261 e. The minimum Gasteiger partial charge on any atom is -0.390 e. The highest BCUT2D eigenvalue weighted by Gasteiger charge is 2.54. The van der Waals surface area contributed by atoms with E-state index in [0.29, 0.717) is 29.7 Å². The molecule has 5 atom stereocenters. The first-order valence-corrected chi connectivity index (χ1v) is 10.0. The van der Waals surface area contributed by atoms with Gasteiger partial charge in [0.15, 0.2) is 5.82 Å². The molecule has 8 nitrogen and oxygen atoms in total. The fraction of sp³-hybridized carbons (Fsp3) is 0.550. The number of aliphatic hydroxyl groups is 2. The van der Waals surface area contributed by atoms with Gasteiger partial charge in [0.2, 0.25) is 0 Å². The molecule has 7 rings (SSSR count). The van der Waals surface area contributed by atoms with Crippen LogP contribution >= 0.6 is 0 Å². The Bertz CT molecular complexity index is 1030. The quantitative estimate of drug-likeness (QED) is 0.548. The number of aromatic nitrogens is 4. The summed E-state index contributed by atoms with van der Waals surface area (Å²) < 4.78 is 5.38. The van der Waals surface area contributed by atoms with Crippen molar-refractivity contribution in [2.45, 2.75) is 50.4 Å². The summed E-state index contributed by atoms with van der Waals surface area (Å²) in [6.07, 6.45) is 8.71. The van der Waals surface area contributed by atoms with Crippen LogP contribution in [0, 0.1) is 17.8 Å². The molecule has 3 heterocycles. The number of pyridine rings is 1. The normalized spacial score (nSPS) is 33.6. The van der Waals surface area contributed by atoms with Crippen molar-refractivity contribution in [3.63, 3.8) is 0 Å². The molecule has 4 saturated carbocycles. The molecule has 4 bridgehead atoms. The Morgan fingerprint density at radius 1 is 1.25 bits per heavy atom. The molecule has 146 valence electrons. The van der Waals surface area contributed by atoms with Crippen LogP contribution in [-0.2, 0) is 6.61 Å². The molecule has 4 aliphatic rings. The van der Waals surface area contributed by atoms with E-state index < -0.39 is 5.60 Å². The number of rotatable bonds is 4. The third-order valence-corrected chi connectivity index (χ3v) is 6.98. The van der Waals surface area contributed by atoms with Crippen LogP contribution < -0.4 is 5.32 Å². The van der Waals surface area contributed by atoms with E-state index >= 15 is 0 Å². The number of hydrogen-bond acceptors (Lipinski definition) is 7. The van der Waals surface area contributed by atoms with Gasteiger partial charge in [-0.15, -0.1) is 0 Å². The Morgan fingerprint density at radius 3 is 2.79 bits per heavy atom. The molecule has 0 amide bonds. The summed E-state index contributed by atoms with van der Waals surface area (Å²) >= 11 is 0. The lowest BCUT2D eigenvalue weighted by atomic mass is 9.52. The Hall–Kier alpha value is -2.45. The number of H-pyrrole nitrogens is 1. The van der Waals surface area contributed by atoms with Crippen LogP contribution in [-0.4, -0.2) is 42.0 Å². The second-order valence-corrected chi connectivity index (χ2v) is 8.83. The number of aliphatic hydroxyl groups excluding tert-OH is 1. The molecule has 4 N–H and O–H groups in total. The van der Waals surface area contributed by atoms with Gasteiger partial charge in [-0.25, -0.2) is 4.98 Å². The second-order valence-electron chi connectivity index (χ2n) is 8.83. The zero-order valence-corrected chi connectivity index (χ0v) is 15.4. The molecule has 0 aromatic carbocycles. The topological polar surface area (TPSA) is 120 Å². The first-order chi connectivity index (χ1) is 13.6. The van der Waals surface area contributed by atoms with E-state index in [0.717, 1.165) is 41.5 Å². The van der Waals surface area contributed by atoms with Crippen LogP contribution in [0.5, 0.6) is 0 Å². The number of nitrogens with zero attached hydrogens (tertiary/aromatic N) is 3. The van der Waals surface area contributed by atoms with Gasteiger partial charge >= 0.3 is 0 Å². The van der Waals surface area contributed by atoms with E-state index in [-0.39, 0.29) is 12.4 Å². The number of fused-ring (bicyclic) bond motifs is 1. The van der Waals surface area contributed by atoms with E-state index in [2.05, 4.69) is 25.4 Å². The maximum absolute atomic E-state index is 10.9. The maximum atomic E-state index is 10.9. The number of hydrogen-bond donors (Lipinski definition) is 4. The summed E-state index contributed by atoms with van der Waals surface area (Å²) in [6.45, 7) is -0.265. The molecule has 0 spiro atoms. The minimum absolute atomic E-state index is 0.256. The first kappa shape index (κ1) is 16.5. The third kappa shape index (κ3) is 2.41. The Kier molecular flexibility index (Phi) is 3.40. The van der Waals surface area contributed by atoms with Gasteiger partial charge in [0, 0.05) is 23.8 Å². The van der Waals surface area contributed by atoms with Crippen molar-refractivity contribution in [3.05, 3.63) is 24.3 Å². The molecule has 28 heavy (non-hydrogen) atoms. The van der Waals surface area contributed by atoms with Gasteiger partial charge in [-0.05, 0) is 55.9 Å². The summed E-state index contributed by atoms with van der Waals surface area (Å²) in [5, 5.41) is 28.8. The van der Waals surface area contributed by atoms with Crippen molar-refractivity contribution in [3.8, 4) is 11.5 Å². The van der Waals surface area contributed by atoms with Gasteiger partial charge in [0.05, 0.1) is 16.9 Å². The van der Waals surface area contributed by atoms with Crippen LogP contribution in [0.25, 0.3) is 22.5 Å². The summed E-state index contributed by atoms with van der Waals surface area (Å²) in [6, 6.07) is 2.32. The summed E-state index contributed by atoms with van der Waals surface area (Å²) in [7, 11) is 0. The van der Waals surface area contributed by atoms with Gasteiger partial charge in [-0.3, -0.25) is 0 Å². The zero-order valence-electron chi connectivity index (χ0n) is 15.4. The van der Waals surface area contributed by atoms with Crippen LogP contribution in [0.4, 0.5) is 5.69 Å². The largest absolute Gasteiger partial charge is 0.390 e. The first-order valence-electron chi connectivity index (χ1n) is 10.0. The molecule has 4 aliphatic carbocycles. The molecule has 0 saturated heterocycles. The summed E-state index contributed by atoms with van der Waals surface area (Å²) in [5.74, 6) is 2.22. The number of aromatic amines is 1. The lowest BCUT2D eigenvalue weighted by Crippen LogP contribution is -2.59. The van der Waals surface area contributed by atoms with E-state index in [1.54, 1.807) is 6.20 Å². The lowest BCUT2D eigenvalue weighted by Gasteiger charge is -2.58. The highest BCUT2D eigenvalue weighted by molar-refractivity contribution is 5.97. The van der Waals surface area contributed by atoms with Crippen molar-refractivity contribution in [2.75, 3.05) is 5.32 Å². The van der Waals surface area contributed by atoms with Gasteiger partial charge in [-0.1, -0.05) is 5.16 Å². The number of nitrogens with one attached hydrogen (secondary N) is 2. The van der Waals surface area contributed by atoms with Crippen molar-refractivity contribution in [2.24, 2.45) is 17.8 Å². The molecular formula is C20H23N5O3. The van der Waals surface area contributed by atoms with Gasteiger partial charge in [0.25, 0.3) is 5.89 Å². The standard InChI is InChI=1S/C20H23N5O3/c26-9-15-23-19(28-25-15)14-8-22-18-13(1-2-21-18)17(14)24-16-11-3-10-4-12(16)7-20(27,5-10)6-11/h1-2,8,10-12,16,26-27H,3-7,9H2,(H2,21,22,24)/t10?,11-,12+,16+,20+. The van der Waals surface area contributed by atoms with Crippen LogP contribution in [0.15, 0.2) is 23.0 Å². The summed E-state index contributed by atoms with van der Waals surface area (Å²) in [5.41, 5.74) is 2.02. The SMILES string of the molecule is OCc1noc(-c2cnc3[nH]ccc3c2N[C@H]2[C@@H]3CC4C[C@H]2C[C@](O)(C4)C3)n1. The zero-order chi connectivity index (χ0) is 18.9. The van der Waals surface area contributed by atoms with Crippen LogP contribution in [0.2, 0.25) is 0 Å². The van der Waals surface area contributed by atoms with Crippen molar-refractivity contribution < 1.29 is 14.7 Å². The monoisotopic (exact) mass is 381 g/mol. The average Bonchev–Trinajstić information content (AvgIpc) is 3.32. The average molecular weight is 381 g/mol. The van der Waals surface area contributed by atoms with E-state index in [1.165, 1.54) is 12.8 Å². The highest BCUT2D eigenvalue weighted by atomic mass is 16.5. The minimum atomic E-state index is -0.457. The fourth-order valence-electron chi connectivity index (χ4n) is 6.14. The maximum Gasteiger partial charge on any atom is 0.261 e. The van der Waals surface area contributed by atoms with Gasteiger partial charge in [-0.2, -0.15) is 4.98 Å². The lowest BCUT2D eigenvalue weighted by molar-refractivity contribution is -0.129. The van der Waals surface area contributed by atoms with E-state index in [4.69, 9.17) is 4.52 Å². The summed E-state index contributed by atoms with van der Waals surface area (Å²) in [4.78, 5) is 11.9. The molecule has 8 heteroatoms. The van der Waals surface area contributed by atoms with Crippen molar-refractivity contribution in [1.82, 2.24) is 20.1 Å². The van der Waals surface area contributed by atoms with E-state index in [9.17, 15) is 10.2 Å². The molecule has 3 aromatic rings. The van der Waals surface area contributed by atoms with Crippen LogP contribution in [0.3, 0.4) is 0 Å². The van der Waals surface area contributed by atoms with Gasteiger partial charge in [0.1, 0.15) is 12.3 Å². The molecule has 4 fully saturated rings. The predicted molar refractivity (Wildman–Crippen MR) is 101 cm³/mol. The molecular weight excluding hydrogens is 358 g/mol. The molecule has 1 unspecified atom stereocenters.